The zero-order valence-electron chi connectivity index (χ0n) is 25.0. The second kappa shape index (κ2) is 8.67. The van der Waals surface area contributed by atoms with Gasteiger partial charge in [0.05, 0.1) is 5.88 Å². The molecule has 5 heteroatoms. The van der Waals surface area contributed by atoms with Crippen molar-refractivity contribution in [2.45, 2.75) is 119 Å². The van der Waals surface area contributed by atoms with Gasteiger partial charge in [0.2, 0.25) is 0 Å². The fourth-order valence-corrected chi connectivity index (χ4v) is 11.3. The van der Waals surface area contributed by atoms with Crippen LogP contribution in [0.25, 0.3) is 0 Å². The summed E-state index contributed by atoms with van der Waals surface area (Å²) in [7, 11) is 0. The summed E-state index contributed by atoms with van der Waals surface area (Å²) in [4.78, 5) is 39.3. The maximum Gasteiger partial charge on any atom is 0.302 e. The van der Waals surface area contributed by atoms with Gasteiger partial charge < -0.3 is 4.74 Å². The first-order valence-electron chi connectivity index (χ1n) is 15.0. The third kappa shape index (κ3) is 3.63. The highest BCUT2D eigenvalue weighted by molar-refractivity contribution is 6.28. The van der Waals surface area contributed by atoms with Gasteiger partial charge in [0.25, 0.3) is 0 Å². The van der Waals surface area contributed by atoms with Gasteiger partial charge in [0, 0.05) is 23.7 Å². The molecule has 9 atom stereocenters. The van der Waals surface area contributed by atoms with Crippen LogP contribution in [0.1, 0.15) is 113 Å². The summed E-state index contributed by atoms with van der Waals surface area (Å²) in [6.07, 6.45) is 10.7. The van der Waals surface area contributed by atoms with E-state index in [0.717, 1.165) is 57.8 Å². The third-order valence-electron chi connectivity index (χ3n) is 13.6. The topological polar surface area (TPSA) is 60.4 Å². The number of fused-ring (bicyclic) bond motifs is 7. The number of carbonyl (C=O) groups excluding carboxylic acids is 3. The summed E-state index contributed by atoms with van der Waals surface area (Å²) < 4.78 is 5.84. The van der Waals surface area contributed by atoms with E-state index in [2.05, 4.69) is 54.5 Å². The number of ketones is 2. The standard InChI is InChI=1S/C33H49ClO4/c1-20(35)38-26-10-11-31(6)24(28(26,2)3)9-12-33(8)27(31)23(36)17-21-22-18-30(5,25(37)19-34)14-13-29(22,4)15-16-32(21,33)7/h17,22,24,26-27H,9-16,18-19H2,1-8H3/t22-,24-,26-,27+,29+,30-,31-,32+,33+/m0/s1. The lowest BCUT2D eigenvalue weighted by atomic mass is 9.33. The Bertz CT molecular complexity index is 1090. The van der Waals surface area contributed by atoms with Crippen molar-refractivity contribution in [1.29, 1.82) is 0 Å². The molecule has 0 aromatic heterocycles. The van der Waals surface area contributed by atoms with Crippen LogP contribution in [0, 0.1) is 50.2 Å². The van der Waals surface area contributed by atoms with E-state index in [1.54, 1.807) is 0 Å². The molecule has 0 saturated heterocycles. The quantitative estimate of drug-likeness (QED) is 0.269. The van der Waals surface area contributed by atoms with Crippen LogP contribution in [-0.2, 0) is 19.1 Å². The van der Waals surface area contributed by atoms with Crippen LogP contribution in [0.3, 0.4) is 0 Å². The molecule has 5 rings (SSSR count). The van der Waals surface area contributed by atoms with Crippen molar-refractivity contribution in [3.63, 3.8) is 0 Å². The lowest BCUT2D eigenvalue weighted by Crippen LogP contribution is -2.66. The van der Waals surface area contributed by atoms with E-state index in [-0.39, 0.29) is 62.6 Å². The van der Waals surface area contributed by atoms with Crippen LogP contribution in [0.4, 0.5) is 0 Å². The Kier molecular flexibility index (Phi) is 6.47. The van der Waals surface area contributed by atoms with Gasteiger partial charge in [-0.15, -0.1) is 11.6 Å². The number of alkyl halides is 1. The molecule has 212 valence electrons. The van der Waals surface area contributed by atoms with Gasteiger partial charge >= 0.3 is 5.97 Å². The van der Waals surface area contributed by atoms with E-state index >= 15 is 0 Å². The number of rotatable bonds is 3. The number of hydrogen-bond donors (Lipinski definition) is 0. The summed E-state index contributed by atoms with van der Waals surface area (Å²) in [5, 5.41) is 0. The van der Waals surface area contributed by atoms with Crippen molar-refractivity contribution in [3.8, 4) is 0 Å². The Morgan fingerprint density at radius 2 is 1.61 bits per heavy atom. The second-order valence-corrected chi connectivity index (χ2v) is 16.0. The molecule has 0 radical (unpaired) electrons. The molecular weight excluding hydrogens is 496 g/mol. The summed E-state index contributed by atoms with van der Waals surface area (Å²) in [5.74, 6) is 0.841. The number of esters is 1. The van der Waals surface area contributed by atoms with Crippen LogP contribution < -0.4 is 0 Å². The van der Waals surface area contributed by atoms with E-state index in [4.69, 9.17) is 16.3 Å². The van der Waals surface area contributed by atoms with Crippen LogP contribution in [0.2, 0.25) is 0 Å². The molecule has 0 N–H and O–H groups in total. The van der Waals surface area contributed by atoms with Crippen LogP contribution in [0.15, 0.2) is 11.6 Å². The second-order valence-electron chi connectivity index (χ2n) is 15.8. The van der Waals surface area contributed by atoms with Crippen molar-refractivity contribution < 1.29 is 19.1 Å². The maximum absolute atomic E-state index is 14.4. The first-order valence-corrected chi connectivity index (χ1v) is 15.5. The molecule has 4 fully saturated rings. The molecule has 0 spiro atoms. The lowest BCUT2D eigenvalue weighted by Gasteiger charge is -2.70. The van der Waals surface area contributed by atoms with Crippen molar-refractivity contribution >= 4 is 29.1 Å². The molecule has 5 aliphatic carbocycles. The van der Waals surface area contributed by atoms with Crippen LogP contribution >= 0.6 is 11.6 Å². The Hall–Kier alpha value is -1.16. The molecule has 0 heterocycles. The average molecular weight is 545 g/mol. The van der Waals surface area contributed by atoms with Gasteiger partial charge in [-0.3, -0.25) is 14.4 Å². The van der Waals surface area contributed by atoms with Gasteiger partial charge in [0.15, 0.2) is 11.6 Å². The van der Waals surface area contributed by atoms with E-state index in [1.165, 1.54) is 12.5 Å². The Labute approximate surface area is 235 Å². The monoisotopic (exact) mass is 544 g/mol. The van der Waals surface area contributed by atoms with Crippen molar-refractivity contribution in [1.82, 2.24) is 0 Å². The predicted molar refractivity (Wildman–Crippen MR) is 151 cm³/mol. The molecule has 0 aromatic rings. The van der Waals surface area contributed by atoms with Crippen molar-refractivity contribution in [3.05, 3.63) is 11.6 Å². The number of ether oxygens (including phenoxy) is 1. The van der Waals surface area contributed by atoms with E-state index in [0.29, 0.717) is 11.7 Å². The van der Waals surface area contributed by atoms with Gasteiger partial charge in [-0.1, -0.05) is 54.0 Å². The zero-order valence-corrected chi connectivity index (χ0v) is 25.7. The van der Waals surface area contributed by atoms with E-state index in [1.807, 2.05) is 0 Å². The van der Waals surface area contributed by atoms with Gasteiger partial charge in [-0.05, 0) is 97.4 Å². The van der Waals surface area contributed by atoms with E-state index in [9.17, 15) is 14.4 Å². The molecule has 0 aliphatic heterocycles. The fraction of sp³-hybridized carbons (Fsp3) is 0.848. The minimum Gasteiger partial charge on any atom is -0.462 e. The summed E-state index contributed by atoms with van der Waals surface area (Å²) in [5.41, 5.74) is 0.548. The minimum absolute atomic E-state index is 0.0381. The summed E-state index contributed by atoms with van der Waals surface area (Å²) in [6.45, 7) is 17.8. The molecule has 0 bridgehead atoms. The molecule has 5 aliphatic rings. The largest absolute Gasteiger partial charge is 0.462 e. The molecule has 0 unspecified atom stereocenters. The smallest absolute Gasteiger partial charge is 0.302 e. The summed E-state index contributed by atoms with van der Waals surface area (Å²) >= 11 is 6.08. The van der Waals surface area contributed by atoms with Crippen molar-refractivity contribution in [2.75, 3.05) is 5.88 Å². The molecule has 0 aromatic carbocycles. The number of allylic oxidation sites excluding steroid dienone is 2. The number of Topliss-reactive ketones (excluding diaryl/α,β-unsaturated/α-hetero) is 1. The van der Waals surface area contributed by atoms with Crippen molar-refractivity contribution in [2.24, 2.45) is 50.2 Å². The highest BCUT2D eigenvalue weighted by Gasteiger charge is 2.70. The van der Waals surface area contributed by atoms with Crippen LogP contribution in [0.5, 0.6) is 0 Å². The van der Waals surface area contributed by atoms with E-state index < -0.39 is 5.41 Å². The predicted octanol–water partition coefficient (Wildman–Crippen LogP) is 7.71. The third-order valence-corrected chi connectivity index (χ3v) is 13.9. The molecule has 0 amide bonds. The lowest BCUT2D eigenvalue weighted by molar-refractivity contribution is -0.210. The summed E-state index contributed by atoms with van der Waals surface area (Å²) in [6, 6.07) is 0. The Morgan fingerprint density at radius 1 is 0.947 bits per heavy atom. The van der Waals surface area contributed by atoms with Gasteiger partial charge in [0.1, 0.15) is 6.10 Å². The molecule has 38 heavy (non-hydrogen) atoms. The first kappa shape index (κ1) is 28.4. The van der Waals surface area contributed by atoms with Gasteiger partial charge in [-0.25, -0.2) is 0 Å². The SMILES string of the molecule is CC(=O)O[C@H]1CC[C@]2(C)[C@H]3C(=O)C=C4[C@@H]5C[C@@](C)(C(=O)CCl)CC[C@]5(C)CC[C@@]4(C)[C@]3(C)CC[C@H]2C1(C)C. The van der Waals surface area contributed by atoms with Gasteiger partial charge in [-0.2, -0.15) is 0 Å². The number of halogens is 1. The highest BCUT2D eigenvalue weighted by atomic mass is 35.5. The molecule has 4 saturated carbocycles. The maximum atomic E-state index is 14.4. The van der Waals surface area contributed by atoms with Crippen LogP contribution in [-0.4, -0.2) is 29.5 Å². The molecular formula is C33H49ClO4. The average Bonchev–Trinajstić information content (AvgIpc) is 2.82. The zero-order chi connectivity index (χ0) is 28.1. The number of carbonyl (C=O) groups is 3. The highest BCUT2D eigenvalue weighted by Crippen LogP contribution is 2.75. The first-order chi connectivity index (χ1) is 17.5. The molecule has 4 nitrogen and oxygen atoms in total. The number of hydrogen-bond acceptors (Lipinski definition) is 4. The Morgan fingerprint density at radius 3 is 2.24 bits per heavy atom. The Balaban J connectivity index is 1.57. The minimum atomic E-state index is -0.408. The fourth-order valence-electron chi connectivity index (χ4n) is 11.0. The normalized spacial score (nSPS) is 49.5.